The van der Waals surface area contributed by atoms with Crippen LogP contribution in [0.4, 0.5) is 0 Å². The standard InChI is InChI=1S/C17H18N4O2S/c22-16(13-4-6-19-20-8-13)21-11-17(12-21)7-15(10-24-17)23-9-14-3-1-2-5-18-14/h1-6,8,15H,7,9-12H2. The van der Waals surface area contributed by atoms with Crippen molar-refractivity contribution in [1.29, 1.82) is 0 Å². The van der Waals surface area contributed by atoms with Gasteiger partial charge in [0.2, 0.25) is 0 Å². The largest absolute Gasteiger partial charge is 0.371 e. The van der Waals surface area contributed by atoms with Crippen LogP contribution in [0.2, 0.25) is 0 Å². The van der Waals surface area contributed by atoms with Gasteiger partial charge in [-0.2, -0.15) is 10.2 Å². The van der Waals surface area contributed by atoms with E-state index in [4.69, 9.17) is 4.74 Å². The maximum Gasteiger partial charge on any atom is 0.255 e. The van der Waals surface area contributed by atoms with E-state index in [2.05, 4.69) is 15.2 Å². The summed E-state index contributed by atoms with van der Waals surface area (Å²) in [6.07, 6.45) is 6.08. The van der Waals surface area contributed by atoms with Crippen LogP contribution >= 0.6 is 11.8 Å². The molecule has 24 heavy (non-hydrogen) atoms. The zero-order valence-electron chi connectivity index (χ0n) is 13.2. The molecule has 1 amide bonds. The van der Waals surface area contributed by atoms with Crippen LogP contribution in [0.15, 0.2) is 42.9 Å². The quantitative estimate of drug-likeness (QED) is 0.844. The number of thioether (sulfide) groups is 1. The number of likely N-dealkylation sites (tertiary alicyclic amines) is 1. The van der Waals surface area contributed by atoms with Gasteiger partial charge >= 0.3 is 0 Å². The Hall–Kier alpha value is -1.99. The fraction of sp³-hybridized carbons (Fsp3) is 0.412. The van der Waals surface area contributed by atoms with Crippen molar-refractivity contribution in [2.24, 2.45) is 0 Å². The van der Waals surface area contributed by atoms with E-state index < -0.39 is 0 Å². The van der Waals surface area contributed by atoms with Crippen LogP contribution < -0.4 is 0 Å². The molecule has 2 aromatic heterocycles. The number of rotatable bonds is 4. The first-order chi connectivity index (χ1) is 11.7. The summed E-state index contributed by atoms with van der Waals surface area (Å²) in [7, 11) is 0. The van der Waals surface area contributed by atoms with E-state index in [0.29, 0.717) is 12.2 Å². The molecule has 0 aromatic carbocycles. The van der Waals surface area contributed by atoms with Crippen molar-refractivity contribution in [3.8, 4) is 0 Å². The number of aromatic nitrogens is 3. The van der Waals surface area contributed by atoms with Gasteiger partial charge in [0.05, 0.1) is 41.1 Å². The van der Waals surface area contributed by atoms with E-state index in [9.17, 15) is 4.79 Å². The molecular weight excluding hydrogens is 324 g/mol. The predicted octanol–water partition coefficient (Wildman–Crippen LogP) is 1.79. The number of hydrogen-bond acceptors (Lipinski definition) is 6. The van der Waals surface area contributed by atoms with Crippen molar-refractivity contribution in [2.45, 2.75) is 23.9 Å². The number of hydrogen-bond donors (Lipinski definition) is 0. The second-order valence-electron chi connectivity index (χ2n) is 6.24. The number of pyridine rings is 1. The molecule has 1 spiro atoms. The highest BCUT2D eigenvalue weighted by molar-refractivity contribution is 8.01. The minimum atomic E-state index is 0.0361. The molecule has 0 bridgehead atoms. The Morgan fingerprint density at radius 3 is 2.96 bits per heavy atom. The highest BCUT2D eigenvalue weighted by Crippen LogP contribution is 2.46. The van der Waals surface area contributed by atoms with E-state index in [1.165, 1.54) is 6.20 Å². The molecule has 0 radical (unpaired) electrons. The minimum Gasteiger partial charge on any atom is -0.371 e. The molecule has 4 heterocycles. The van der Waals surface area contributed by atoms with E-state index >= 15 is 0 Å². The number of carbonyl (C=O) groups is 1. The van der Waals surface area contributed by atoms with Gasteiger partial charge in [0.15, 0.2) is 0 Å². The Bertz CT molecular complexity index is 707. The molecule has 6 nitrogen and oxygen atoms in total. The molecule has 1 unspecified atom stereocenters. The van der Waals surface area contributed by atoms with Crippen LogP contribution in [0, 0.1) is 0 Å². The van der Waals surface area contributed by atoms with Crippen molar-refractivity contribution < 1.29 is 9.53 Å². The topological polar surface area (TPSA) is 68.2 Å². The summed E-state index contributed by atoms with van der Waals surface area (Å²) in [6.45, 7) is 2.11. The molecule has 2 fully saturated rings. The van der Waals surface area contributed by atoms with E-state index in [1.54, 1.807) is 18.5 Å². The average molecular weight is 342 g/mol. The molecule has 124 valence electrons. The third kappa shape index (κ3) is 3.14. The van der Waals surface area contributed by atoms with Gasteiger partial charge < -0.3 is 9.64 Å². The molecule has 2 aromatic rings. The fourth-order valence-corrected chi connectivity index (χ4v) is 4.76. The minimum absolute atomic E-state index is 0.0361. The molecule has 2 aliphatic heterocycles. The first-order valence-corrected chi connectivity index (χ1v) is 8.94. The van der Waals surface area contributed by atoms with E-state index in [-0.39, 0.29) is 16.8 Å². The van der Waals surface area contributed by atoms with Gasteiger partial charge in [-0.05, 0) is 24.6 Å². The molecule has 4 rings (SSSR count). The zero-order valence-corrected chi connectivity index (χ0v) is 14.0. The lowest BCUT2D eigenvalue weighted by Gasteiger charge is -2.47. The van der Waals surface area contributed by atoms with Crippen molar-refractivity contribution in [1.82, 2.24) is 20.1 Å². The molecule has 0 N–H and O–H groups in total. The van der Waals surface area contributed by atoms with Crippen LogP contribution in [0.1, 0.15) is 22.5 Å². The van der Waals surface area contributed by atoms with Crippen molar-refractivity contribution in [2.75, 3.05) is 18.8 Å². The molecule has 0 saturated carbocycles. The summed E-state index contributed by atoms with van der Waals surface area (Å²) in [4.78, 5) is 18.5. The Morgan fingerprint density at radius 2 is 2.21 bits per heavy atom. The summed E-state index contributed by atoms with van der Waals surface area (Å²) in [6, 6.07) is 7.56. The fourth-order valence-electron chi connectivity index (χ4n) is 3.21. The van der Waals surface area contributed by atoms with Gasteiger partial charge in [0.1, 0.15) is 0 Å². The summed E-state index contributed by atoms with van der Waals surface area (Å²) in [5, 5.41) is 7.48. The SMILES string of the molecule is O=C(c1ccnnc1)N1CC2(CC(OCc3ccccn3)CS2)C1. The summed E-state index contributed by atoms with van der Waals surface area (Å²) < 4.78 is 6.15. The second-order valence-corrected chi connectivity index (χ2v) is 7.73. The van der Waals surface area contributed by atoms with E-state index in [0.717, 1.165) is 31.0 Å². The molecule has 7 heteroatoms. The Balaban J connectivity index is 1.28. The summed E-state index contributed by atoms with van der Waals surface area (Å²) >= 11 is 1.92. The van der Waals surface area contributed by atoms with Gasteiger partial charge in [0.25, 0.3) is 5.91 Å². The zero-order chi connectivity index (χ0) is 16.4. The van der Waals surface area contributed by atoms with Gasteiger partial charge in [0, 0.05) is 25.0 Å². The lowest BCUT2D eigenvalue weighted by Crippen LogP contribution is -2.60. The van der Waals surface area contributed by atoms with Gasteiger partial charge in [-0.25, -0.2) is 0 Å². The van der Waals surface area contributed by atoms with E-state index in [1.807, 2.05) is 34.9 Å². The number of nitrogens with zero attached hydrogens (tertiary/aromatic N) is 4. The van der Waals surface area contributed by atoms with Crippen LogP contribution in [0.5, 0.6) is 0 Å². The Morgan fingerprint density at radius 1 is 1.29 bits per heavy atom. The first-order valence-electron chi connectivity index (χ1n) is 7.96. The van der Waals surface area contributed by atoms with Gasteiger partial charge in [-0.1, -0.05) is 6.07 Å². The summed E-state index contributed by atoms with van der Waals surface area (Å²) in [5.74, 6) is 1.01. The lowest BCUT2D eigenvalue weighted by atomic mass is 9.92. The highest BCUT2D eigenvalue weighted by Gasteiger charge is 2.51. The maximum absolute atomic E-state index is 12.4. The van der Waals surface area contributed by atoms with Crippen molar-refractivity contribution >= 4 is 17.7 Å². The van der Waals surface area contributed by atoms with Crippen LogP contribution in [-0.4, -0.2) is 55.7 Å². The number of ether oxygens (including phenoxy) is 1. The van der Waals surface area contributed by atoms with Crippen LogP contribution in [-0.2, 0) is 11.3 Å². The van der Waals surface area contributed by atoms with Crippen LogP contribution in [0.3, 0.4) is 0 Å². The third-order valence-corrected chi connectivity index (χ3v) is 6.02. The Kier molecular flexibility index (Phi) is 4.20. The molecule has 2 aliphatic rings. The van der Waals surface area contributed by atoms with Crippen molar-refractivity contribution in [3.05, 3.63) is 54.1 Å². The normalized spacial score (nSPS) is 21.7. The maximum atomic E-state index is 12.4. The average Bonchev–Trinajstić information content (AvgIpc) is 3.04. The van der Waals surface area contributed by atoms with Gasteiger partial charge in [-0.3, -0.25) is 9.78 Å². The van der Waals surface area contributed by atoms with Crippen molar-refractivity contribution in [3.63, 3.8) is 0 Å². The molecule has 1 atom stereocenters. The highest BCUT2D eigenvalue weighted by atomic mass is 32.2. The monoisotopic (exact) mass is 342 g/mol. The summed E-state index contributed by atoms with van der Waals surface area (Å²) in [5.41, 5.74) is 1.56. The lowest BCUT2D eigenvalue weighted by molar-refractivity contribution is 0.0245. The number of carbonyl (C=O) groups excluding carboxylic acids is 1. The van der Waals surface area contributed by atoms with Crippen LogP contribution in [0.25, 0.3) is 0 Å². The molecular formula is C17H18N4O2S. The third-order valence-electron chi connectivity index (χ3n) is 4.44. The predicted molar refractivity (Wildman–Crippen MR) is 90.6 cm³/mol. The second kappa shape index (κ2) is 6.49. The molecule has 2 saturated heterocycles. The molecule has 0 aliphatic carbocycles. The smallest absolute Gasteiger partial charge is 0.255 e. The Labute approximate surface area is 144 Å². The van der Waals surface area contributed by atoms with Gasteiger partial charge in [-0.15, -0.1) is 11.8 Å². The number of amides is 1. The first kappa shape index (κ1) is 15.5.